The molecule has 18 heteroatoms. The highest BCUT2D eigenvalue weighted by Gasteiger charge is 2.31. The average Bonchev–Trinajstić information content (AvgIpc) is 3.84. The van der Waals surface area contributed by atoms with Gasteiger partial charge in [-0.1, -0.05) is 84.9 Å². The topological polar surface area (TPSA) is 98.6 Å². The van der Waals surface area contributed by atoms with Crippen molar-refractivity contribution in [3.63, 3.8) is 0 Å². The molecule has 0 saturated heterocycles. The lowest BCUT2D eigenvalue weighted by Crippen LogP contribution is -2.03. The van der Waals surface area contributed by atoms with Gasteiger partial charge in [-0.2, -0.15) is 26.3 Å². The summed E-state index contributed by atoms with van der Waals surface area (Å²) in [4.78, 5) is 10.8. The van der Waals surface area contributed by atoms with Gasteiger partial charge in [-0.3, -0.25) is 0 Å². The fraction of sp³-hybridized carbons (Fsp3) is 0.302. The zero-order valence-electron chi connectivity index (χ0n) is 32.7. The number of aliphatic hydroxyl groups is 1. The Morgan fingerprint density at radius 1 is 0.623 bits per heavy atom. The lowest BCUT2D eigenvalue weighted by atomic mass is 10.1. The smallest absolute Gasteiger partial charge is 0.391 e. The van der Waals surface area contributed by atoms with Gasteiger partial charge in [0, 0.05) is 39.9 Å². The van der Waals surface area contributed by atoms with Crippen LogP contribution in [-0.4, -0.2) is 43.0 Å². The number of aliphatic hydroxyl groups excluding tert-OH is 1. The number of ether oxygens (including phenoxy) is 2. The first kappa shape index (κ1) is 49.8. The normalized spacial score (nSPS) is 11.7. The van der Waals surface area contributed by atoms with Crippen molar-refractivity contribution in [2.24, 2.45) is 0 Å². The second-order valence-corrected chi connectivity index (χ2v) is 18.7. The minimum Gasteiger partial charge on any atom is -0.391 e. The van der Waals surface area contributed by atoms with Crippen LogP contribution in [0.25, 0.3) is 21.1 Å². The van der Waals surface area contributed by atoms with Crippen LogP contribution in [0.4, 0.5) is 26.3 Å². The van der Waals surface area contributed by atoms with Gasteiger partial charge in [0.1, 0.15) is 10.0 Å². The number of thiazole rings is 2. The SMILES string of the molecule is CS(=O)(=O)Cl.FC(F)(F)c1ccc(-c2nc(CCCOCc3ccccc3)c(CCl)s2)cc1.OCc1sc(-c2ccc(C(F)(F)F)cc2)nc1CCCOCc1ccccc1. The van der Waals surface area contributed by atoms with Crippen molar-refractivity contribution < 1.29 is 49.3 Å². The zero-order chi connectivity index (χ0) is 44.5. The molecule has 0 bridgehead atoms. The molecule has 0 fully saturated rings. The van der Waals surface area contributed by atoms with E-state index in [9.17, 15) is 39.9 Å². The Morgan fingerprint density at radius 2 is 0.984 bits per heavy atom. The average molecular weight is 948 g/mol. The molecule has 2 heterocycles. The first-order valence-electron chi connectivity index (χ1n) is 18.6. The van der Waals surface area contributed by atoms with Crippen molar-refractivity contribution >= 4 is 54.0 Å². The Hall–Kier alpha value is -3.87. The Labute approximate surface area is 368 Å². The van der Waals surface area contributed by atoms with Crippen molar-refractivity contribution in [1.29, 1.82) is 0 Å². The van der Waals surface area contributed by atoms with Crippen molar-refractivity contribution in [3.8, 4) is 21.1 Å². The van der Waals surface area contributed by atoms with E-state index in [2.05, 4.69) is 20.7 Å². The van der Waals surface area contributed by atoms with Crippen LogP contribution in [0.3, 0.4) is 0 Å². The molecule has 0 aliphatic carbocycles. The van der Waals surface area contributed by atoms with Crippen LogP contribution in [0, 0.1) is 0 Å². The van der Waals surface area contributed by atoms with E-state index in [1.54, 1.807) is 0 Å². The minimum absolute atomic E-state index is 0.140. The molecule has 0 unspecified atom stereocenters. The molecule has 6 rings (SSSR count). The summed E-state index contributed by atoms with van der Waals surface area (Å²) >= 11 is 8.75. The van der Waals surface area contributed by atoms with Crippen LogP contribution in [0.15, 0.2) is 109 Å². The van der Waals surface area contributed by atoms with Gasteiger partial charge >= 0.3 is 12.4 Å². The van der Waals surface area contributed by atoms with E-state index in [0.717, 1.165) is 75.6 Å². The maximum Gasteiger partial charge on any atom is 0.416 e. The molecule has 61 heavy (non-hydrogen) atoms. The molecular weight excluding hydrogens is 906 g/mol. The van der Waals surface area contributed by atoms with E-state index in [1.807, 2.05) is 60.7 Å². The molecule has 2 aromatic heterocycles. The van der Waals surface area contributed by atoms with Crippen LogP contribution in [-0.2, 0) is 69.4 Å². The third-order valence-electron chi connectivity index (χ3n) is 8.37. The van der Waals surface area contributed by atoms with Gasteiger partial charge in [0.05, 0.1) is 59.3 Å². The largest absolute Gasteiger partial charge is 0.416 e. The van der Waals surface area contributed by atoms with Crippen molar-refractivity contribution in [3.05, 3.63) is 153 Å². The summed E-state index contributed by atoms with van der Waals surface area (Å²) in [6.45, 7) is 2.13. The minimum atomic E-state index is -4.36. The Balaban J connectivity index is 0.000000242. The molecular formula is C43H42Cl2F6N2O5S3. The van der Waals surface area contributed by atoms with E-state index in [0.29, 0.717) is 66.3 Å². The molecule has 4 aromatic carbocycles. The number of benzene rings is 4. The molecule has 0 aliphatic rings. The number of hydrogen-bond donors (Lipinski definition) is 1. The highest BCUT2D eigenvalue weighted by molar-refractivity contribution is 8.13. The number of aromatic nitrogens is 2. The number of aryl methyl sites for hydroxylation is 2. The van der Waals surface area contributed by atoms with Gasteiger partial charge in [0.2, 0.25) is 9.05 Å². The van der Waals surface area contributed by atoms with Gasteiger partial charge in [-0.15, -0.1) is 34.3 Å². The second-order valence-electron chi connectivity index (χ2n) is 13.2. The van der Waals surface area contributed by atoms with Gasteiger partial charge in [-0.25, -0.2) is 18.4 Å². The highest BCUT2D eigenvalue weighted by atomic mass is 35.7. The van der Waals surface area contributed by atoms with Crippen LogP contribution < -0.4 is 0 Å². The number of rotatable bonds is 16. The van der Waals surface area contributed by atoms with Gasteiger partial charge in [-0.05, 0) is 61.1 Å². The lowest BCUT2D eigenvalue weighted by Gasteiger charge is -2.06. The third kappa shape index (κ3) is 17.8. The number of alkyl halides is 7. The van der Waals surface area contributed by atoms with E-state index in [4.69, 9.17) is 21.1 Å². The Bertz CT molecular complexity index is 2150. The van der Waals surface area contributed by atoms with Gasteiger partial charge < -0.3 is 14.6 Å². The quantitative estimate of drug-likeness (QED) is 0.0446. The summed E-state index contributed by atoms with van der Waals surface area (Å²) in [6.07, 6.45) is -4.87. The number of halogens is 8. The maximum absolute atomic E-state index is 12.7. The monoisotopic (exact) mass is 946 g/mol. The molecule has 0 amide bonds. The summed E-state index contributed by atoms with van der Waals surface area (Å²) in [5, 5.41) is 10.9. The molecule has 6 aromatic rings. The number of hydrogen-bond acceptors (Lipinski definition) is 9. The van der Waals surface area contributed by atoms with Gasteiger partial charge in [0.25, 0.3) is 0 Å². The van der Waals surface area contributed by atoms with Crippen LogP contribution in [0.2, 0.25) is 0 Å². The molecule has 1 N–H and O–H groups in total. The molecule has 0 spiro atoms. The van der Waals surface area contributed by atoms with E-state index < -0.39 is 32.5 Å². The molecule has 0 radical (unpaired) electrons. The van der Waals surface area contributed by atoms with E-state index >= 15 is 0 Å². The Morgan fingerprint density at radius 3 is 1.33 bits per heavy atom. The summed E-state index contributed by atoms with van der Waals surface area (Å²) in [5.74, 6) is 0.332. The number of nitrogens with zero attached hydrogens (tertiary/aromatic N) is 2. The van der Waals surface area contributed by atoms with Crippen molar-refractivity contribution in [1.82, 2.24) is 9.97 Å². The standard InChI is InChI=1S/C21H19ClF3NOS.C21H20F3NO2S.CH3ClO2S/c22-13-19-18(7-4-12-27-14-15-5-2-1-3-6-15)26-20(28-19)16-8-10-17(11-9-16)21(23,24)25;22-21(23,24)17-10-8-16(9-11-17)20-25-18(19(13-26)28-20)7-4-12-27-14-15-5-2-1-3-6-15;1-5(2,3)4/h1-3,5-6,8-11H,4,7,12-14H2;1-3,5-6,8-11,26H,4,7,12-14H2;1H3. The van der Waals surface area contributed by atoms with Gasteiger partial charge in [0.15, 0.2) is 0 Å². The zero-order valence-corrected chi connectivity index (χ0v) is 36.6. The van der Waals surface area contributed by atoms with Crippen LogP contribution in [0.1, 0.15) is 56.2 Å². The van der Waals surface area contributed by atoms with Crippen molar-refractivity contribution in [2.45, 2.75) is 63.7 Å². The van der Waals surface area contributed by atoms with Crippen LogP contribution >= 0.6 is 45.0 Å². The molecule has 0 atom stereocenters. The van der Waals surface area contributed by atoms with E-state index in [1.165, 1.54) is 46.9 Å². The summed E-state index contributed by atoms with van der Waals surface area (Å²) in [5.41, 5.74) is 3.81. The fourth-order valence-corrected chi connectivity index (χ4v) is 7.70. The Kier molecular flexibility index (Phi) is 19.7. The molecule has 0 saturated carbocycles. The predicted octanol–water partition coefficient (Wildman–Crippen LogP) is 12.4. The first-order valence-corrected chi connectivity index (χ1v) is 23.4. The van der Waals surface area contributed by atoms with Crippen molar-refractivity contribution in [2.75, 3.05) is 19.5 Å². The molecule has 0 aliphatic heterocycles. The fourth-order valence-electron chi connectivity index (χ4n) is 5.45. The maximum atomic E-state index is 12.7. The van der Waals surface area contributed by atoms with E-state index in [-0.39, 0.29) is 6.61 Å². The summed E-state index contributed by atoms with van der Waals surface area (Å²) in [6, 6.07) is 29.8. The first-order chi connectivity index (χ1) is 28.9. The predicted molar refractivity (Wildman–Crippen MR) is 230 cm³/mol. The van der Waals surface area contributed by atoms with Crippen LogP contribution in [0.5, 0.6) is 0 Å². The second kappa shape index (κ2) is 24.1. The molecule has 328 valence electrons. The molecule has 7 nitrogen and oxygen atoms in total. The summed E-state index contributed by atoms with van der Waals surface area (Å²) < 4.78 is 106. The third-order valence-corrected chi connectivity index (χ3v) is 11.1. The lowest BCUT2D eigenvalue weighted by molar-refractivity contribution is -0.138. The highest BCUT2D eigenvalue weighted by Crippen LogP contribution is 2.35. The summed E-state index contributed by atoms with van der Waals surface area (Å²) in [7, 11) is 1.31.